The highest BCUT2D eigenvalue weighted by molar-refractivity contribution is 7.89. The molecular formula is C16H13FNO4S-. The van der Waals surface area contributed by atoms with Crippen molar-refractivity contribution in [1.29, 1.82) is 0 Å². The SMILES string of the molecule is O=C([O-])[C@H]1Cc2ccccc2CN1S(=O)(=O)c1ccc(F)cc1. The highest BCUT2D eigenvalue weighted by Crippen LogP contribution is 2.28. The Kier molecular flexibility index (Phi) is 3.91. The third-order valence-electron chi connectivity index (χ3n) is 3.90. The van der Waals surface area contributed by atoms with Crippen molar-refractivity contribution in [2.75, 3.05) is 0 Å². The molecular weight excluding hydrogens is 321 g/mol. The number of sulfonamides is 1. The molecule has 0 amide bonds. The van der Waals surface area contributed by atoms with Gasteiger partial charge in [0, 0.05) is 6.54 Å². The zero-order chi connectivity index (χ0) is 16.6. The van der Waals surface area contributed by atoms with Crippen molar-refractivity contribution in [3.05, 3.63) is 65.5 Å². The molecule has 5 nitrogen and oxygen atoms in total. The molecule has 1 atom stereocenters. The maximum absolute atomic E-state index is 13.0. The van der Waals surface area contributed by atoms with E-state index in [2.05, 4.69) is 0 Å². The monoisotopic (exact) mass is 334 g/mol. The fourth-order valence-corrected chi connectivity index (χ4v) is 4.25. The molecule has 0 unspecified atom stereocenters. The smallest absolute Gasteiger partial charge is 0.243 e. The van der Waals surface area contributed by atoms with Crippen LogP contribution < -0.4 is 5.11 Å². The molecule has 2 aromatic rings. The summed E-state index contributed by atoms with van der Waals surface area (Å²) in [4.78, 5) is 11.3. The van der Waals surface area contributed by atoms with Gasteiger partial charge in [-0.1, -0.05) is 24.3 Å². The van der Waals surface area contributed by atoms with Gasteiger partial charge in [0.15, 0.2) is 0 Å². The zero-order valence-corrected chi connectivity index (χ0v) is 12.8. The molecule has 1 aliphatic heterocycles. The van der Waals surface area contributed by atoms with Crippen LogP contribution in [-0.2, 0) is 27.8 Å². The Morgan fingerprint density at radius 1 is 1.09 bits per heavy atom. The van der Waals surface area contributed by atoms with E-state index < -0.39 is 27.9 Å². The van der Waals surface area contributed by atoms with Gasteiger partial charge >= 0.3 is 0 Å². The predicted octanol–water partition coefficient (Wildman–Crippen LogP) is 0.691. The molecule has 23 heavy (non-hydrogen) atoms. The molecule has 0 N–H and O–H groups in total. The van der Waals surface area contributed by atoms with Gasteiger partial charge in [0.1, 0.15) is 5.82 Å². The maximum atomic E-state index is 13.0. The summed E-state index contributed by atoms with van der Waals surface area (Å²) in [6.45, 7) is -0.0610. The molecule has 0 saturated carbocycles. The Morgan fingerprint density at radius 2 is 1.70 bits per heavy atom. The Morgan fingerprint density at radius 3 is 2.30 bits per heavy atom. The molecule has 2 aromatic carbocycles. The number of hydrogen-bond acceptors (Lipinski definition) is 4. The first-order chi connectivity index (χ1) is 10.9. The van der Waals surface area contributed by atoms with Crippen molar-refractivity contribution in [3.8, 4) is 0 Å². The number of halogens is 1. The Balaban J connectivity index is 2.05. The van der Waals surface area contributed by atoms with Crippen LogP contribution >= 0.6 is 0 Å². The molecule has 1 aliphatic rings. The molecule has 7 heteroatoms. The van der Waals surface area contributed by atoms with E-state index in [1.165, 1.54) is 0 Å². The van der Waals surface area contributed by atoms with Gasteiger partial charge in [0.2, 0.25) is 10.0 Å². The second-order valence-electron chi connectivity index (χ2n) is 5.31. The average Bonchev–Trinajstić information content (AvgIpc) is 2.54. The third kappa shape index (κ3) is 2.85. The highest BCUT2D eigenvalue weighted by Gasteiger charge is 2.36. The van der Waals surface area contributed by atoms with Crippen LogP contribution in [-0.4, -0.2) is 24.7 Å². The summed E-state index contributed by atoms with van der Waals surface area (Å²) in [5, 5.41) is 11.4. The molecule has 1 heterocycles. The quantitative estimate of drug-likeness (QED) is 0.827. The van der Waals surface area contributed by atoms with Crippen molar-refractivity contribution in [2.45, 2.75) is 23.9 Å². The Labute approximate surface area is 133 Å². The van der Waals surface area contributed by atoms with Crippen molar-refractivity contribution >= 4 is 16.0 Å². The zero-order valence-electron chi connectivity index (χ0n) is 12.0. The molecule has 0 fully saturated rings. The first-order valence-electron chi connectivity index (χ1n) is 6.94. The highest BCUT2D eigenvalue weighted by atomic mass is 32.2. The van der Waals surface area contributed by atoms with Gasteiger partial charge in [0.05, 0.1) is 16.9 Å². The Bertz CT molecular complexity index is 849. The number of rotatable bonds is 3. The lowest BCUT2D eigenvalue weighted by Crippen LogP contribution is -2.53. The van der Waals surface area contributed by atoms with Gasteiger partial charge in [-0.3, -0.25) is 0 Å². The van der Waals surface area contributed by atoms with Crippen LogP contribution in [0.5, 0.6) is 0 Å². The van der Waals surface area contributed by atoms with Gasteiger partial charge in [0.25, 0.3) is 0 Å². The first kappa shape index (κ1) is 15.6. The number of carbonyl (C=O) groups excluding carboxylic acids is 1. The van der Waals surface area contributed by atoms with Crippen LogP contribution in [0.4, 0.5) is 4.39 Å². The number of benzene rings is 2. The summed E-state index contributed by atoms with van der Waals surface area (Å²) >= 11 is 0. The topological polar surface area (TPSA) is 77.5 Å². The summed E-state index contributed by atoms with van der Waals surface area (Å²) in [5.74, 6) is -2.02. The summed E-state index contributed by atoms with van der Waals surface area (Å²) in [6, 6.07) is 10.1. The summed E-state index contributed by atoms with van der Waals surface area (Å²) < 4.78 is 39.4. The van der Waals surface area contributed by atoms with Crippen molar-refractivity contribution in [1.82, 2.24) is 4.31 Å². The molecule has 120 valence electrons. The van der Waals surface area contributed by atoms with E-state index in [0.717, 1.165) is 39.7 Å². The lowest BCUT2D eigenvalue weighted by Gasteiger charge is -2.36. The fraction of sp³-hybridized carbons (Fsp3) is 0.188. The Hall–Kier alpha value is -2.25. The maximum Gasteiger partial charge on any atom is 0.243 e. The number of carboxylic acid groups (broad SMARTS) is 1. The molecule has 0 saturated heterocycles. The summed E-state index contributed by atoms with van der Waals surface area (Å²) in [5.41, 5.74) is 1.53. The number of carboxylic acids is 1. The van der Waals surface area contributed by atoms with Crippen LogP contribution in [0.2, 0.25) is 0 Å². The standard InChI is InChI=1S/C16H14FNO4S/c17-13-5-7-14(8-6-13)23(21,22)18-10-12-4-2-1-3-11(12)9-15(18)16(19)20/h1-8,15H,9-10H2,(H,19,20)/p-1/t15-/m1/s1. The van der Waals surface area contributed by atoms with Gasteiger partial charge in [-0.25, -0.2) is 12.8 Å². The van der Waals surface area contributed by atoms with Crippen molar-refractivity contribution in [3.63, 3.8) is 0 Å². The molecule has 3 rings (SSSR count). The number of hydrogen-bond donors (Lipinski definition) is 0. The van der Waals surface area contributed by atoms with Crippen LogP contribution in [0.15, 0.2) is 53.4 Å². The van der Waals surface area contributed by atoms with Crippen LogP contribution in [0.1, 0.15) is 11.1 Å². The number of aliphatic carboxylic acids is 1. The largest absolute Gasteiger partial charge is 0.548 e. The van der Waals surface area contributed by atoms with Crippen molar-refractivity contribution in [2.24, 2.45) is 0 Å². The lowest BCUT2D eigenvalue weighted by molar-refractivity contribution is -0.310. The van der Waals surface area contributed by atoms with Crippen LogP contribution in [0.3, 0.4) is 0 Å². The van der Waals surface area contributed by atoms with E-state index in [1.54, 1.807) is 24.3 Å². The molecule has 0 bridgehead atoms. The summed E-state index contributed by atoms with van der Waals surface area (Å²) in [6.07, 6.45) is 0.0406. The van der Waals surface area contributed by atoms with Crippen molar-refractivity contribution < 1.29 is 22.7 Å². The fourth-order valence-electron chi connectivity index (χ4n) is 2.69. The van der Waals surface area contributed by atoms with Gasteiger partial charge in [-0.2, -0.15) is 4.31 Å². The number of carbonyl (C=O) groups is 1. The lowest BCUT2D eigenvalue weighted by atomic mass is 9.96. The van der Waals surface area contributed by atoms with Gasteiger partial charge in [-0.15, -0.1) is 0 Å². The average molecular weight is 334 g/mol. The number of nitrogens with zero attached hydrogens (tertiary/aromatic N) is 1. The first-order valence-corrected chi connectivity index (χ1v) is 8.38. The van der Waals surface area contributed by atoms with Gasteiger partial charge < -0.3 is 9.90 Å². The minimum atomic E-state index is -4.07. The normalized spacial score (nSPS) is 18.4. The second-order valence-corrected chi connectivity index (χ2v) is 7.20. The van der Waals surface area contributed by atoms with E-state index >= 15 is 0 Å². The second kappa shape index (κ2) is 5.75. The summed E-state index contributed by atoms with van der Waals surface area (Å²) in [7, 11) is -4.07. The third-order valence-corrected chi connectivity index (χ3v) is 5.77. The molecule has 0 aromatic heterocycles. The van der Waals surface area contributed by atoms with E-state index in [0.29, 0.717) is 0 Å². The predicted molar refractivity (Wildman–Crippen MR) is 78.1 cm³/mol. The van der Waals surface area contributed by atoms with E-state index in [9.17, 15) is 22.7 Å². The molecule has 0 radical (unpaired) electrons. The van der Waals surface area contributed by atoms with Crippen LogP contribution in [0.25, 0.3) is 0 Å². The van der Waals surface area contributed by atoms with Gasteiger partial charge in [-0.05, 0) is 41.8 Å². The van der Waals surface area contributed by atoms with E-state index in [4.69, 9.17) is 0 Å². The number of fused-ring (bicyclic) bond motifs is 1. The van der Waals surface area contributed by atoms with E-state index in [-0.39, 0.29) is 17.9 Å². The van der Waals surface area contributed by atoms with Crippen LogP contribution in [0, 0.1) is 5.82 Å². The minimum absolute atomic E-state index is 0.0406. The molecule has 0 aliphatic carbocycles. The molecule has 0 spiro atoms. The van der Waals surface area contributed by atoms with E-state index in [1.807, 2.05) is 0 Å². The minimum Gasteiger partial charge on any atom is -0.548 e.